The Bertz CT molecular complexity index is 309. The minimum absolute atomic E-state index is 0.219. The highest BCUT2D eigenvalue weighted by Crippen LogP contribution is 2.19. The van der Waals surface area contributed by atoms with E-state index >= 15 is 0 Å². The summed E-state index contributed by atoms with van der Waals surface area (Å²) < 4.78 is 5.72. The first kappa shape index (κ1) is 12.3. The van der Waals surface area contributed by atoms with Crippen molar-refractivity contribution in [2.45, 2.75) is 45.6 Å². The molecule has 0 amide bonds. The van der Waals surface area contributed by atoms with Crippen molar-refractivity contribution in [3.05, 3.63) is 23.4 Å². The molecule has 0 aromatic carbocycles. The number of rotatable bonds is 3. The summed E-state index contributed by atoms with van der Waals surface area (Å²) in [6.45, 7) is 8.09. The number of pyridine rings is 1. The molecule has 0 aliphatic heterocycles. The van der Waals surface area contributed by atoms with Crippen LogP contribution in [0.5, 0.6) is 5.88 Å². The zero-order valence-electron chi connectivity index (χ0n) is 9.80. The van der Waals surface area contributed by atoms with Crippen LogP contribution in [0.3, 0.4) is 0 Å². The van der Waals surface area contributed by atoms with Crippen LogP contribution in [0.15, 0.2) is 12.1 Å². The van der Waals surface area contributed by atoms with Crippen LogP contribution in [0.1, 0.15) is 39.0 Å². The molecule has 2 nitrogen and oxygen atoms in total. The molecule has 1 aromatic heterocycles. The lowest BCUT2D eigenvalue weighted by Crippen LogP contribution is -2.23. The van der Waals surface area contributed by atoms with Gasteiger partial charge in [-0.3, -0.25) is 0 Å². The van der Waals surface area contributed by atoms with Crippen LogP contribution in [0, 0.1) is 0 Å². The van der Waals surface area contributed by atoms with E-state index < -0.39 is 0 Å². The van der Waals surface area contributed by atoms with E-state index in [4.69, 9.17) is 16.3 Å². The Morgan fingerprint density at radius 3 is 2.47 bits per heavy atom. The second-order valence-electron chi connectivity index (χ2n) is 4.51. The normalized spacial score (nSPS) is 11.5. The van der Waals surface area contributed by atoms with Gasteiger partial charge in [-0.15, -0.1) is 11.6 Å². The van der Waals surface area contributed by atoms with E-state index in [0.29, 0.717) is 11.8 Å². The molecule has 0 fully saturated rings. The van der Waals surface area contributed by atoms with Crippen LogP contribution in [-0.2, 0) is 12.3 Å². The molecule has 0 aliphatic rings. The van der Waals surface area contributed by atoms with Gasteiger partial charge in [0.1, 0.15) is 5.60 Å². The van der Waals surface area contributed by atoms with E-state index in [9.17, 15) is 0 Å². The Hall–Kier alpha value is -0.760. The van der Waals surface area contributed by atoms with Gasteiger partial charge >= 0.3 is 0 Å². The third-order valence-electron chi connectivity index (χ3n) is 1.84. The third-order valence-corrected chi connectivity index (χ3v) is 2.15. The van der Waals surface area contributed by atoms with E-state index in [0.717, 1.165) is 17.7 Å². The van der Waals surface area contributed by atoms with Crippen LogP contribution in [0.4, 0.5) is 0 Å². The number of hydrogen-bond acceptors (Lipinski definition) is 2. The van der Waals surface area contributed by atoms with Gasteiger partial charge in [0.2, 0.25) is 5.88 Å². The molecule has 0 saturated carbocycles. The summed E-state index contributed by atoms with van der Waals surface area (Å²) in [6, 6.07) is 3.92. The predicted octanol–water partition coefficient (Wildman–Crippen LogP) is 3.56. The molecule has 1 heterocycles. The van der Waals surface area contributed by atoms with Crippen molar-refractivity contribution in [1.82, 2.24) is 4.98 Å². The molecular weight excluding hydrogens is 210 g/mol. The summed E-state index contributed by atoms with van der Waals surface area (Å²) in [4.78, 5) is 4.40. The maximum absolute atomic E-state index is 5.82. The van der Waals surface area contributed by atoms with Crippen LogP contribution in [0.2, 0.25) is 0 Å². The Morgan fingerprint density at radius 1 is 1.33 bits per heavy atom. The maximum Gasteiger partial charge on any atom is 0.214 e. The Labute approximate surface area is 96.6 Å². The van der Waals surface area contributed by atoms with Crippen molar-refractivity contribution < 1.29 is 4.74 Å². The van der Waals surface area contributed by atoms with E-state index in [1.165, 1.54) is 0 Å². The highest BCUT2D eigenvalue weighted by atomic mass is 35.5. The molecule has 0 atom stereocenters. The first-order chi connectivity index (χ1) is 6.94. The smallest absolute Gasteiger partial charge is 0.214 e. The maximum atomic E-state index is 5.82. The van der Waals surface area contributed by atoms with Crippen molar-refractivity contribution in [2.75, 3.05) is 0 Å². The molecule has 15 heavy (non-hydrogen) atoms. The van der Waals surface area contributed by atoms with Crippen molar-refractivity contribution in [3.8, 4) is 5.88 Å². The molecule has 0 bridgehead atoms. The zero-order chi connectivity index (χ0) is 11.5. The van der Waals surface area contributed by atoms with Crippen LogP contribution in [-0.4, -0.2) is 10.6 Å². The average molecular weight is 228 g/mol. The van der Waals surface area contributed by atoms with Gasteiger partial charge in [0.05, 0.1) is 0 Å². The monoisotopic (exact) mass is 227 g/mol. The van der Waals surface area contributed by atoms with Crippen molar-refractivity contribution in [2.24, 2.45) is 0 Å². The summed E-state index contributed by atoms with van der Waals surface area (Å²) in [5.74, 6) is 1.16. The number of nitrogens with zero attached hydrogens (tertiary/aromatic N) is 1. The summed E-state index contributed by atoms with van der Waals surface area (Å²) in [5.41, 5.74) is 1.86. The lowest BCUT2D eigenvalue weighted by Gasteiger charge is -2.21. The fourth-order valence-corrected chi connectivity index (χ4v) is 1.40. The Balaban J connectivity index is 2.97. The summed E-state index contributed by atoms with van der Waals surface area (Å²) in [6.07, 6.45) is 0.894. The van der Waals surface area contributed by atoms with Crippen LogP contribution in [0.25, 0.3) is 0 Å². The topological polar surface area (TPSA) is 22.1 Å². The van der Waals surface area contributed by atoms with Gasteiger partial charge in [-0.2, -0.15) is 0 Å². The molecule has 3 heteroatoms. The van der Waals surface area contributed by atoms with Gasteiger partial charge in [0, 0.05) is 17.6 Å². The lowest BCUT2D eigenvalue weighted by molar-refractivity contribution is 0.123. The van der Waals surface area contributed by atoms with Gasteiger partial charge in [-0.25, -0.2) is 4.98 Å². The van der Waals surface area contributed by atoms with Crippen LogP contribution < -0.4 is 4.74 Å². The summed E-state index contributed by atoms with van der Waals surface area (Å²) >= 11 is 5.82. The van der Waals surface area contributed by atoms with Gasteiger partial charge in [-0.1, -0.05) is 6.92 Å². The number of alkyl halides is 1. The molecule has 0 N–H and O–H groups in total. The zero-order valence-corrected chi connectivity index (χ0v) is 10.6. The second-order valence-corrected chi connectivity index (χ2v) is 4.77. The second kappa shape index (κ2) is 4.84. The largest absolute Gasteiger partial charge is 0.472 e. The average Bonchev–Trinajstić information content (AvgIpc) is 2.14. The van der Waals surface area contributed by atoms with E-state index in [1.807, 2.05) is 32.9 Å². The summed E-state index contributed by atoms with van der Waals surface area (Å²) in [5, 5.41) is 0. The van der Waals surface area contributed by atoms with Crippen molar-refractivity contribution in [3.63, 3.8) is 0 Å². The van der Waals surface area contributed by atoms with Gasteiger partial charge < -0.3 is 4.74 Å². The molecule has 84 valence electrons. The number of halogens is 1. The molecule has 1 aromatic rings. The molecule has 1 rings (SSSR count). The molecule has 0 spiro atoms. The summed E-state index contributed by atoms with van der Waals surface area (Å²) in [7, 11) is 0. The highest BCUT2D eigenvalue weighted by Gasteiger charge is 2.13. The molecule has 0 radical (unpaired) electrons. The minimum atomic E-state index is -0.219. The molecule has 0 aliphatic carbocycles. The standard InChI is InChI=1S/C12H18ClNO/c1-5-10-6-9(8-13)7-11(14-10)15-12(2,3)4/h6-7H,5,8H2,1-4H3. The van der Waals surface area contributed by atoms with E-state index in [2.05, 4.69) is 11.9 Å². The first-order valence-corrected chi connectivity index (χ1v) is 5.73. The Kier molecular flexibility index (Phi) is 3.97. The fourth-order valence-electron chi connectivity index (χ4n) is 1.24. The van der Waals surface area contributed by atoms with E-state index in [1.54, 1.807) is 0 Å². The number of aryl methyl sites for hydroxylation is 1. The van der Waals surface area contributed by atoms with Crippen molar-refractivity contribution in [1.29, 1.82) is 0 Å². The quantitative estimate of drug-likeness (QED) is 0.737. The number of aromatic nitrogens is 1. The SMILES string of the molecule is CCc1cc(CCl)cc(OC(C)(C)C)n1. The van der Waals surface area contributed by atoms with Gasteiger partial charge in [0.15, 0.2) is 0 Å². The van der Waals surface area contributed by atoms with Gasteiger partial charge in [0.25, 0.3) is 0 Å². The molecular formula is C12H18ClNO. The number of ether oxygens (including phenoxy) is 1. The first-order valence-electron chi connectivity index (χ1n) is 5.19. The lowest BCUT2D eigenvalue weighted by atomic mass is 10.2. The minimum Gasteiger partial charge on any atom is -0.472 e. The van der Waals surface area contributed by atoms with Crippen molar-refractivity contribution >= 4 is 11.6 Å². The fraction of sp³-hybridized carbons (Fsp3) is 0.583. The highest BCUT2D eigenvalue weighted by molar-refractivity contribution is 6.17. The van der Waals surface area contributed by atoms with Gasteiger partial charge in [-0.05, 0) is 38.8 Å². The molecule has 0 unspecified atom stereocenters. The third kappa shape index (κ3) is 4.08. The molecule has 0 saturated heterocycles. The predicted molar refractivity (Wildman–Crippen MR) is 63.6 cm³/mol. The van der Waals surface area contributed by atoms with E-state index in [-0.39, 0.29) is 5.60 Å². The van der Waals surface area contributed by atoms with Crippen LogP contribution >= 0.6 is 11.6 Å². The Morgan fingerprint density at radius 2 is 2.00 bits per heavy atom. The number of hydrogen-bond donors (Lipinski definition) is 0.